The van der Waals surface area contributed by atoms with Gasteiger partial charge in [-0.1, -0.05) is 72.8 Å². The van der Waals surface area contributed by atoms with Crippen LogP contribution in [0.2, 0.25) is 0 Å². The summed E-state index contributed by atoms with van der Waals surface area (Å²) in [7, 11) is 0. The molecule has 0 saturated carbocycles. The third-order valence-electron chi connectivity index (χ3n) is 5.16. The predicted molar refractivity (Wildman–Crippen MR) is 125 cm³/mol. The summed E-state index contributed by atoms with van der Waals surface area (Å²) >= 11 is 11.5. The molecule has 3 rings (SSSR count). The Morgan fingerprint density at radius 2 is 0.679 bits per heavy atom. The van der Waals surface area contributed by atoms with Crippen molar-refractivity contribution in [3.8, 4) is 22.3 Å². The van der Waals surface area contributed by atoms with Crippen molar-refractivity contribution < 1.29 is 0 Å². The highest BCUT2D eigenvalue weighted by Crippen LogP contribution is 2.26. The summed E-state index contributed by atoms with van der Waals surface area (Å²) < 4.78 is 0. The van der Waals surface area contributed by atoms with Gasteiger partial charge in [0, 0.05) is 11.8 Å². The third-order valence-corrected chi connectivity index (χ3v) is 5.69. The van der Waals surface area contributed by atoms with Gasteiger partial charge in [-0.15, -0.1) is 23.2 Å². The highest BCUT2D eigenvalue weighted by Gasteiger charge is 2.02. The van der Waals surface area contributed by atoms with E-state index in [1.165, 1.54) is 33.4 Å². The van der Waals surface area contributed by atoms with Gasteiger partial charge >= 0.3 is 0 Å². The Hall–Kier alpha value is -1.76. The molecule has 0 amide bonds. The van der Waals surface area contributed by atoms with Crippen LogP contribution in [0.25, 0.3) is 22.3 Å². The van der Waals surface area contributed by atoms with Crippen LogP contribution in [0.5, 0.6) is 0 Å². The molecule has 0 atom stereocenters. The van der Waals surface area contributed by atoms with Crippen molar-refractivity contribution in [2.45, 2.75) is 38.5 Å². The van der Waals surface area contributed by atoms with Crippen LogP contribution in [0.15, 0.2) is 72.8 Å². The molecule has 0 aliphatic carbocycles. The first kappa shape index (κ1) is 21.0. The molecule has 0 fully saturated rings. The Morgan fingerprint density at radius 3 is 0.964 bits per heavy atom. The van der Waals surface area contributed by atoms with Gasteiger partial charge in [0.15, 0.2) is 0 Å². The number of hydrogen-bond acceptors (Lipinski definition) is 0. The van der Waals surface area contributed by atoms with Gasteiger partial charge in [-0.3, -0.25) is 0 Å². The fraction of sp³-hybridized carbons (Fsp3) is 0.308. The lowest BCUT2D eigenvalue weighted by molar-refractivity contribution is 0.800. The quantitative estimate of drug-likeness (QED) is 0.233. The highest BCUT2D eigenvalue weighted by atomic mass is 35.5. The monoisotopic (exact) mass is 410 g/mol. The molecule has 28 heavy (non-hydrogen) atoms. The second kappa shape index (κ2) is 11.3. The number of rotatable bonds is 10. The van der Waals surface area contributed by atoms with Crippen molar-refractivity contribution in [1.29, 1.82) is 0 Å². The van der Waals surface area contributed by atoms with Gasteiger partial charge in [0.25, 0.3) is 0 Å². The number of aryl methyl sites for hydroxylation is 2. The molecule has 0 N–H and O–H groups in total. The zero-order valence-electron chi connectivity index (χ0n) is 16.3. The maximum absolute atomic E-state index is 5.76. The summed E-state index contributed by atoms with van der Waals surface area (Å²) in [5, 5.41) is 0. The molecule has 0 unspecified atom stereocenters. The average Bonchev–Trinajstić information content (AvgIpc) is 2.75. The Morgan fingerprint density at radius 1 is 0.393 bits per heavy atom. The number of hydrogen-bond donors (Lipinski definition) is 0. The van der Waals surface area contributed by atoms with Crippen molar-refractivity contribution in [3.63, 3.8) is 0 Å². The molecular formula is C26H28Cl2. The Kier molecular flexibility index (Phi) is 8.45. The average molecular weight is 411 g/mol. The van der Waals surface area contributed by atoms with E-state index in [9.17, 15) is 0 Å². The standard InChI is InChI=1S/C26H28Cl2/c27-19-3-1-5-21-7-11-23(12-8-21)25-15-17-26(18-16-25)24-13-9-22(10-14-24)6-2-4-20-28/h7-18H,1-6,19-20H2. The van der Waals surface area contributed by atoms with Crippen LogP contribution in [0.4, 0.5) is 0 Å². The van der Waals surface area contributed by atoms with E-state index in [-0.39, 0.29) is 0 Å². The largest absolute Gasteiger partial charge is 0.127 e. The molecule has 3 aromatic carbocycles. The number of unbranched alkanes of at least 4 members (excludes halogenated alkanes) is 2. The molecule has 0 aliphatic heterocycles. The molecule has 0 aliphatic rings. The van der Waals surface area contributed by atoms with Crippen molar-refractivity contribution in [3.05, 3.63) is 83.9 Å². The van der Waals surface area contributed by atoms with Crippen LogP contribution in [-0.4, -0.2) is 11.8 Å². The zero-order chi connectivity index (χ0) is 19.6. The summed E-state index contributed by atoms with van der Waals surface area (Å²) in [6.07, 6.45) is 6.69. The number of alkyl halides is 2. The molecule has 0 nitrogen and oxygen atoms in total. The van der Waals surface area contributed by atoms with Crippen molar-refractivity contribution in [1.82, 2.24) is 0 Å². The summed E-state index contributed by atoms with van der Waals surface area (Å²) in [6.45, 7) is 0. The Balaban J connectivity index is 1.63. The van der Waals surface area contributed by atoms with Gasteiger partial charge in [0.1, 0.15) is 0 Å². The molecule has 0 spiro atoms. The Bertz CT molecular complexity index is 745. The van der Waals surface area contributed by atoms with Gasteiger partial charge in [0.2, 0.25) is 0 Å². The second-order valence-electron chi connectivity index (χ2n) is 7.26. The van der Waals surface area contributed by atoms with Gasteiger partial charge in [-0.2, -0.15) is 0 Å². The third kappa shape index (κ3) is 6.12. The van der Waals surface area contributed by atoms with Gasteiger partial charge < -0.3 is 0 Å². The van der Waals surface area contributed by atoms with E-state index in [2.05, 4.69) is 72.8 Å². The van der Waals surface area contributed by atoms with Gasteiger partial charge in [-0.05, 0) is 71.9 Å². The predicted octanol–water partition coefficient (Wildman–Crippen LogP) is 8.14. The first-order valence-electron chi connectivity index (χ1n) is 10.2. The molecule has 0 aromatic heterocycles. The van der Waals surface area contributed by atoms with Gasteiger partial charge in [0.05, 0.1) is 0 Å². The summed E-state index contributed by atoms with van der Waals surface area (Å²) in [6, 6.07) is 26.7. The fourth-order valence-corrected chi connectivity index (χ4v) is 3.81. The van der Waals surface area contributed by atoms with Crippen LogP contribution < -0.4 is 0 Å². The minimum absolute atomic E-state index is 0.751. The van der Waals surface area contributed by atoms with E-state index < -0.39 is 0 Å². The number of halogens is 2. The maximum Gasteiger partial charge on any atom is 0.0223 e. The molecule has 146 valence electrons. The first-order valence-corrected chi connectivity index (χ1v) is 11.3. The smallest absolute Gasteiger partial charge is 0.0223 e. The van der Waals surface area contributed by atoms with E-state index >= 15 is 0 Å². The SMILES string of the molecule is ClCCCCc1ccc(-c2ccc(-c3ccc(CCCCCl)cc3)cc2)cc1. The lowest BCUT2D eigenvalue weighted by Gasteiger charge is -2.07. The van der Waals surface area contributed by atoms with E-state index in [0.717, 1.165) is 50.3 Å². The second-order valence-corrected chi connectivity index (χ2v) is 8.02. The maximum atomic E-state index is 5.76. The number of benzene rings is 3. The topological polar surface area (TPSA) is 0 Å². The fourth-order valence-electron chi connectivity index (χ4n) is 3.43. The van der Waals surface area contributed by atoms with E-state index in [1.807, 2.05) is 0 Å². The molecule has 3 aromatic rings. The molecule has 0 bridgehead atoms. The molecule has 0 radical (unpaired) electrons. The van der Waals surface area contributed by atoms with Crippen LogP contribution in [0.3, 0.4) is 0 Å². The van der Waals surface area contributed by atoms with Crippen molar-refractivity contribution >= 4 is 23.2 Å². The van der Waals surface area contributed by atoms with Crippen molar-refractivity contribution in [2.75, 3.05) is 11.8 Å². The molecular weight excluding hydrogens is 383 g/mol. The van der Waals surface area contributed by atoms with E-state index in [4.69, 9.17) is 23.2 Å². The minimum Gasteiger partial charge on any atom is -0.127 e. The van der Waals surface area contributed by atoms with E-state index in [0.29, 0.717) is 0 Å². The summed E-state index contributed by atoms with van der Waals surface area (Å²) in [4.78, 5) is 0. The summed E-state index contributed by atoms with van der Waals surface area (Å²) in [5.41, 5.74) is 7.82. The lowest BCUT2D eigenvalue weighted by atomic mass is 9.98. The van der Waals surface area contributed by atoms with E-state index in [1.54, 1.807) is 0 Å². The van der Waals surface area contributed by atoms with Crippen molar-refractivity contribution in [2.24, 2.45) is 0 Å². The van der Waals surface area contributed by atoms with Crippen LogP contribution >= 0.6 is 23.2 Å². The first-order chi connectivity index (χ1) is 13.8. The normalized spacial score (nSPS) is 10.9. The highest BCUT2D eigenvalue weighted by molar-refractivity contribution is 6.18. The molecule has 0 saturated heterocycles. The van der Waals surface area contributed by atoms with Crippen LogP contribution in [-0.2, 0) is 12.8 Å². The zero-order valence-corrected chi connectivity index (χ0v) is 17.9. The van der Waals surface area contributed by atoms with Crippen LogP contribution in [0, 0.1) is 0 Å². The minimum atomic E-state index is 0.751. The molecule has 0 heterocycles. The lowest BCUT2D eigenvalue weighted by Crippen LogP contribution is -1.88. The van der Waals surface area contributed by atoms with Crippen LogP contribution in [0.1, 0.15) is 36.8 Å². The molecule has 2 heteroatoms. The van der Waals surface area contributed by atoms with Gasteiger partial charge in [-0.25, -0.2) is 0 Å². The Labute approximate surface area is 179 Å². The summed E-state index contributed by atoms with van der Waals surface area (Å²) in [5.74, 6) is 1.50.